The van der Waals surface area contributed by atoms with E-state index in [9.17, 15) is 9.59 Å². The van der Waals surface area contributed by atoms with Crippen molar-refractivity contribution in [2.24, 2.45) is 0 Å². The van der Waals surface area contributed by atoms with Gasteiger partial charge in [0.15, 0.2) is 0 Å². The van der Waals surface area contributed by atoms with Crippen LogP contribution in [0.1, 0.15) is 23.6 Å². The maximum absolute atomic E-state index is 12.2. The molecule has 0 spiro atoms. The van der Waals surface area contributed by atoms with Gasteiger partial charge < -0.3 is 10.6 Å². The van der Waals surface area contributed by atoms with E-state index in [4.69, 9.17) is 0 Å². The Morgan fingerprint density at radius 2 is 1.62 bits per heavy atom. The van der Waals surface area contributed by atoms with Crippen LogP contribution in [0, 0.1) is 13.8 Å². The smallest absolute Gasteiger partial charge is 0.238 e. The molecule has 138 valence electrons. The van der Waals surface area contributed by atoms with E-state index < -0.39 is 0 Å². The second-order valence-electron chi connectivity index (χ2n) is 6.57. The molecule has 2 N–H and O–H groups in total. The van der Waals surface area contributed by atoms with Crippen molar-refractivity contribution in [1.29, 1.82) is 0 Å². The van der Waals surface area contributed by atoms with Crippen LogP contribution in [0.5, 0.6) is 0 Å². The van der Waals surface area contributed by atoms with Crippen LogP contribution in [-0.2, 0) is 16.0 Å². The molecule has 2 aromatic rings. The predicted molar refractivity (Wildman–Crippen MR) is 106 cm³/mol. The van der Waals surface area contributed by atoms with Crippen LogP contribution in [0.4, 0.5) is 11.4 Å². The normalized spacial score (nSPS) is 10.7. The minimum atomic E-state index is -0.139. The molecule has 0 bridgehead atoms. The lowest BCUT2D eigenvalue weighted by molar-refractivity contribution is -0.119. The Kier molecular flexibility index (Phi) is 6.92. The molecule has 5 heteroatoms. The zero-order chi connectivity index (χ0) is 19.1. The fourth-order valence-electron chi connectivity index (χ4n) is 2.69. The van der Waals surface area contributed by atoms with E-state index in [0.717, 1.165) is 28.9 Å². The summed E-state index contributed by atoms with van der Waals surface area (Å²) in [5, 5.41) is 5.78. The summed E-state index contributed by atoms with van der Waals surface area (Å²) in [6.07, 6.45) is 0.919. The minimum absolute atomic E-state index is 0.137. The molecule has 0 aliphatic carbocycles. The number of hydrogen-bond acceptors (Lipinski definition) is 3. The van der Waals surface area contributed by atoms with Crippen molar-refractivity contribution in [2.75, 3.05) is 30.8 Å². The monoisotopic (exact) mass is 353 g/mol. The van der Waals surface area contributed by atoms with Gasteiger partial charge in [-0.2, -0.15) is 0 Å². The molecule has 5 nitrogen and oxygen atoms in total. The van der Waals surface area contributed by atoms with Crippen LogP contribution in [0.3, 0.4) is 0 Å². The first-order chi connectivity index (χ1) is 12.4. The van der Waals surface area contributed by atoms with Gasteiger partial charge in [0.25, 0.3) is 0 Å². The van der Waals surface area contributed by atoms with E-state index in [-0.39, 0.29) is 24.9 Å². The number of rotatable bonds is 7. The Morgan fingerprint density at radius 3 is 2.31 bits per heavy atom. The van der Waals surface area contributed by atoms with Gasteiger partial charge in [0.05, 0.1) is 13.1 Å². The number of likely N-dealkylation sites (N-methyl/N-ethyl adjacent to an activating group) is 1. The highest BCUT2D eigenvalue weighted by Gasteiger charge is 2.12. The lowest BCUT2D eigenvalue weighted by Crippen LogP contribution is -2.36. The molecular weight excluding hydrogens is 326 g/mol. The predicted octanol–water partition coefficient (Wildman–Crippen LogP) is 3.37. The highest BCUT2D eigenvalue weighted by molar-refractivity contribution is 5.95. The standard InChI is InChI=1S/C21H27N3O2/c1-5-17-9-7-10-18(12-17)22-20(25)13-24(4)14-21(26)23-19-11-6-8-15(2)16(19)3/h6-12H,5,13-14H2,1-4H3,(H,22,25)(H,23,26). The maximum Gasteiger partial charge on any atom is 0.238 e. The summed E-state index contributed by atoms with van der Waals surface area (Å²) in [7, 11) is 1.75. The Labute approximate surface area is 155 Å². The minimum Gasteiger partial charge on any atom is -0.325 e. The van der Waals surface area contributed by atoms with Crippen molar-refractivity contribution < 1.29 is 9.59 Å². The van der Waals surface area contributed by atoms with Crippen LogP contribution in [0.15, 0.2) is 42.5 Å². The van der Waals surface area contributed by atoms with E-state index in [0.29, 0.717) is 0 Å². The van der Waals surface area contributed by atoms with E-state index in [1.54, 1.807) is 11.9 Å². The van der Waals surface area contributed by atoms with Crippen molar-refractivity contribution in [3.05, 3.63) is 59.2 Å². The molecule has 2 aromatic carbocycles. The fraction of sp³-hybridized carbons (Fsp3) is 0.333. The number of anilines is 2. The van der Waals surface area contributed by atoms with Crippen LogP contribution < -0.4 is 10.6 Å². The van der Waals surface area contributed by atoms with Gasteiger partial charge in [-0.25, -0.2) is 0 Å². The third kappa shape index (κ3) is 5.70. The van der Waals surface area contributed by atoms with Crippen molar-refractivity contribution in [3.8, 4) is 0 Å². The third-order valence-electron chi connectivity index (χ3n) is 4.32. The first-order valence-electron chi connectivity index (χ1n) is 8.82. The van der Waals surface area contributed by atoms with Gasteiger partial charge >= 0.3 is 0 Å². The molecule has 2 amide bonds. The van der Waals surface area contributed by atoms with Gasteiger partial charge in [0, 0.05) is 11.4 Å². The van der Waals surface area contributed by atoms with Gasteiger partial charge in [-0.15, -0.1) is 0 Å². The van der Waals surface area contributed by atoms with Crippen LogP contribution in [0.2, 0.25) is 0 Å². The number of amides is 2. The van der Waals surface area contributed by atoms with Gasteiger partial charge in [0.1, 0.15) is 0 Å². The number of carbonyl (C=O) groups is 2. The van der Waals surface area contributed by atoms with Crippen LogP contribution in [0.25, 0.3) is 0 Å². The summed E-state index contributed by atoms with van der Waals surface area (Å²) in [6.45, 7) is 6.36. The lowest BCUT2D eigenvalue weighted by atomic mass is 10.1. The van der Waals surface area contributed by atoms with Gasteiger partial charge in [-0.05, 0) is 62.2 Å². The topological polar surface area (TPSA) is 61.4 Å². The van der Waals surface area contributed by atoms with Crippen molar-refractivity contribution in [2.45, 2.75) is 27.2 Å². The summed E-state index contributed by atoms with van der Waals surface area (Å²) in [5.41, 5.74) is 4.94. The molecule has 0 heterocycles. The molecule has 0 unspecified atom stereocenters. The number of nitrogens with one attached hydrogen (secondary N) is 2. The van der Waals surface area contributed by atoms with Crippen molar-refractivity contribution in [1.82, 2.24) is 4.90 Å². The molecule has 0 fully saturated rings. The average molecular weight is 353 g/mol. The fourth-order valence-corrected chi connectivity index (χ4v) is 2.69. The van der Waals surface area contributed by atoms with Crippen molar-refractivity contribution >= 4 is 23.2 Å². The lowest BCUT2D eigenvalue weighted by Gasteiger charge is -2.17. The number of carbonyl (C=O) groups excluding carboxylic acids is 2. The van der Waals surface area contributed by atoms with E-state index in [1.165, 1.54) is 5.56 Å². The SMILES string of the molecule is CCc1cccc(NC(=O)CN(C)CC(=O)Nc2cccc(C)c2C)c1. The number of hydrogen-bond donors (Lipinski definition) is 2. The molecule has 26 heavy (non-hydrogen) atoms. The third-order valence-corrected chi connectivity index (χ3v) is 4.32. The van der Waals surface area contributed by atoms with Crippen LogP contribution >= 0.6 is 0 Å². The second-order valence-corrected chi connectivity index (χ2v) is 6.57. The second kappa shape index (κ2) is 9.15. The first-order valence-corrected chi connectivity index (χ1v) is 8.82. The Morgan fingerprint density at radius 1 is 0.962 bits per heavy atom. The number of aryl methyl sites for hydroxylation is 2. The summed E-state index contributed by atoms with van der Waals surface area (Å²) >= 11 is 0. The molecule has 0 aliphatic heterocycles. The summed E-state index contributed by atoms with van der Waals surface area (Å²) in [6, 6.07) is 13.6. The molecule has 0 saturated carbocycles. The highest BCUT2D eigenvalue weighted by Crippen LogP contribution is 2.17. The average Bonchev–Trinajstić information content (AvgIpc) is 2.58. The zero-order valence-corrected chi connectivity index (χ0v) is 15.9. The highest BCUT2D eigenvalue weighted by atomic mass is 16.2. The summed E-state index contributed by atoms with van der Waals surface area (Å²) in [5.74, 6) is -0.276. The first kappa shape index (κ1) is 19.7. The van der Waals surface area contributed by atoms with Gasteiger partial charge in [-0.3, -0.25) is 14.5 Å². The molecule has 0 atom stereocenters. The summed E-state index contributed by atoms with van der Waals surface area (Å²) < 4.78 is 0. The van der Waals surface area contributed by atoms with E-state index in [1.807, 2.05) is 56.3 Å². The van der Waals surface area contributed by atoms with Crippen molar-refractivity contribution in [3.63, 3.8) is 0 Å². The number of nitrogens with zero attached hydrogens (tertiary/aromatic N) is 1. The maximum atomic E-state index is 12.2. The van der Waals surface area contributed by atoms with Crippen LogP contribution in [-0.4, -0.2) is 36.9 Å². The largest absolute Gasteiger partial charge is 0.325 e. The van der Waals surface area contributed by atoms with Gasteiger partial charge in [-0.1, -0.05) is 31.2 Å². The quantitative estimate of drug-likeness (QED) is 0.802. The zero-order valence-electron chi connectivity index (χ0n) is 15.9. The number of benzene rings is 2. The molecule has 2 rings (SSSR count). The molecular formula is C21H27N3O2. The Bertz CT molecular complexity index is 787. The summed E-state index contributed by atoms with van der Waals surface area (Å²) in [4.78, 5) is 26.1. The molecule has 0 radical (unpaired) electrons. The van der Waals surface area contributed by atoms with E-state index >= 15 is 0 Å². The Balaban J connectivity index is 1.85. The Hall–Kier alpha value is -2.66. The molecule has 0 saturated heterocycles. The van der Waals surface area contributed by atoms with Gasteiger partial charge in [0.2, 0.25) is 11.8 Å². The van der Waals surface area contributed by atoms with E-state index in [2.05, 4.69) is 17.6 Å². The molecule has 0 aliphatic rings. The molecule has 0 aromatic heterocycles.